The molecule has 3 aromatic rings. The van der Waals surface area contributed by atoms with Crippen molar-refractivity contribution in [2.24, 2.45) is 0 Å². The summed E-state index contributed by atoms with van der Waals surface area (Å²) in [5, 5.41) is 2.96. The minimum absolute atomic E-state index is 0.0559. The van der Waals surface area contributed by atoms with Crippen molar-refractivity contribution in [2.45, 2.75) is 11.4 Å². The van der Waals surface area contributed by atoms with Crippen molar-refractivity contribution >= 4 is 34.4 Å². The zero-order chi connectivity index (χ0) is 14.7. The van der Waals surface area contributed by atoms with Gasteiger partial charge in [0.2, 0.25) is 5.91 Å². The molecule has 1 amide bonds. The van der Waals surface area contributed by atoms with Crippen LogP contribution in [-0.2, 0) is 11.3 Å². The number of imidazole rings is 1. The number of thioether (sulfide) groups is 1. The van der Waals surface area contributed by atoms with Crippen molar-refractivity contribution in [1.82, 2.24) is 9.55 Å². The number of hydrogen-bond donors (Lipinski definition) is 1. The van der Waals surface area contributed by atoms with Gasteiger partial charge in [0.1, 0.15) is 6.54 Å². The van der Waals surface area contributed by atoms with Gasteiger partial charge in [-0.3, -0.25) is 4.79 Å². The van der Waals surface area contributed by atoms with Gasteiger partial charge >= 0.3 is 0 Å². The van der Waals surface area contributed by atoms with Crippen molar-refractivity contribution in [3.05, 3.63) is 54.9 Å². The molecule has 0 aliphatic rings. The zero-order valence-corrected chi connectivity index (χ0v) is 12.4. The molecule has 4 nitrogen and oxygen atoms in total. The van der Waals surface area contributed by atoms with Crippen LogP contribution in [0.3, 0.4) is 0 Å². The topological polar surface area (TPSA) is 46.9 Å². The summed E-state index contributed by atoms with van der Waals surface area (Å²) in [7, 11) is 0. The highest BCUT2D eigenvalue weighted by molar-refractivity contribution is 7.98. The van der Waals surface area contributed by atoms with Gasteiger partial charge in [-0.1, -0.05) is 24.3 Å². The standard InChI is InChI=1S/C16H15N3OS/c1-21-15-9-5-3-7-13(15)18-16(20)10-19-11-17-12-6-2-4-8-14(12)19/h2-9,11H,10H2,1H3,(H,18,20). The number of hydrogen-bond acceptors (Lipinski definition) is 3. The molecule has 0 bridgehead atoms. The third-order valence-electron chi connectivity index (χ3n) is 3.22. The average Bonchev–Trinajstić information content (AvgIpc) is 2.91. The van der Waals surface area contributed by atoms with Crippen LogP contribution in [0.2, 0.25) is 0 Å². The summed E-state index contributed by atoms with van der Waals surface area (Å²) in [6.45, 7) is 0.253. The Hall–Kier alpha value is -2.27. The molecule has 0 spiro atoms. The Labute approximate surface area is 127 Å². The smallest absolute Gasteiger partial charge is 0.244 e. The first kappa shape index (κ1) is 13.7. The Morgan fingerprint density at radius 1 is 1.19 bits per heavy atom. The summed E-state index contributed by atoms with van der Waals surface area (Å²) in [5.41, 5.74) is 2.71. The fourth-order valence-corrected chi connectivity index (χ4v) is 2.78. The molecule has 0 aliphatic heterocycles. The summed E-state index contributed by atoms with van der Waals surface area (Å²) >= 11 is 1.61. The first-order chi connectivity index (χ1) is 10.3. The predicted molar refractivity (Wildman–Crippen MR) is 86.6 cm³/mol. The van der Waals surface area contributed by atoms with E-state index in [1.165, 1.54) is 0 Å². The van der Waals surface area contributed by atoms with E-state index in [0.717, 1.165) is 21.6 Å². The second kappa shape index (κ2) is 6.01. The molecule has 0 radical (unpaired) electrons. The third-order valence-corrected chi connectivity index (χ3v) is 4.02. The largest absolute Gasteiger partial charge is 0.324 e. The van der Waals surface area contributed by atoms with Gasteiger partial charge in [-0.15, -0.1) is 11.8 Å². The number of rotatable bonds is 4. The van der Waals surface area contributed by atoms with Crippen LogP contribution in [0.4, 0.5) is 5.69 Å². The fourth-order valence-electron chi connectivity index (χ4n) is 2.23. The lowest BCUT2D eigenvalue weighted by Crippen LogP contribution is -2.18. The highest BCUT2D eigenvalue weighted by Crippen LogP contribution is 2.24. The molecule has 3 rings (SSSR count). The van der Waals surface area contributed by atoms with E-state index in [-0.39, 0.29) is 12.5 Å². The molecule has 0 saturated heterocycles. The molecule has 1 aromatic heterocycles. The van der Waals surface area contributed by atoms with E-state index in [0.29, 0.717) is 0 Å². The molecule has 21 heavy (non-hydrogen) atoms. The first-order valence-corrected chi connectivity index (χ1v) is 7.83. The van der Waals surface area contributed by atoms with E-state index in [9.17, 15) is 4.79 Å². The maximum atomic E-state index is 12.2. The molecule has 0 fully saturated rings. The second-order valence-electron chi connectivity index (χ2n) is 4.61. The van der Waals surface area contributed by atoms with Gasteiger partial charge in [-0.25, -0.2) is 4.98 Å². The number of carbonyl (C=O) groups excluding carboxylic acids is 1. The lowest BCUT2D eigenvalue weighted by atomic mass is 10.3. The third kappa shape index (κ3) is 2.92. The first-order valence-electron chi connectivity index (χ1n) is 6.60. The average molecular weight is 297 g/mol. The Morgan fingerprint density at radius 3 is 2.81 bits per heavy atom. The molecule has 1 N–H and O–H groups in total. The van der Waals surface area contributed by atoms with Crippen LogP contribution in [0.25, 0.3) is 11.0 Å². The van der Waals surface area contributed by atoms with Crippen LogP contribution in [0.5, 0.6) is 0 Å². The Kier molecular flexibility index (Phi) is 3.92. The van der Waals surface area contributed by atoms with Crippen molar-refractivity contribution in [3.63, 3.8) is 0 Å². The molecular weight excluding hydrogens is 282 g/mol. The van der Waals surface area contributed by atoms with Crippen LogP contribution in [0.1, 0.15) is 0 Å². The normalized spacial score (nSPS) is 10.7. The summed E-state index contributed by atoms with van der Waals surface area (Å²) < 4.78 is 1.85. The zero-order valence-electron chi connectivity index (χ0n) is 11.6. The molecule has 0 atom stereocenters. The second-order valence-corrected chi connectivity index (χ2v) is 5.46. The van der Waals surface area contributed by atoms with E-state index in [4.69, 9.17) is 0 Å². The minimum Gasteiger partial charge on any atom is -0.324 e. The predicted octanol–water partition coefficient (Wildman–Crippen LogP) is 3.40. The molecular formula is C16H15N3OS. The number of benzene rings is 2. The van der Waals surface area contributed by atoms with Gasteiger partial charge in [-0.2, -0.15) is 0 Å². The Balaban J connectivity index is 1.77. The monoisotopic (exact) mass is 297 g/mol. The number of carbonyl (C=O) groups is 1. The number of para-hydroxylation sites is 3. The van der Waals surface area contributed by atoms with Crippen molar-refractivity contribution < 1.29 is 4.79 Å². The maximum absolute atomic E-state index is 12.2. The molecule has 106 valence electrons. The fraction of sp³-hybridized carbons (Fsp3) is 0.125. The van der Waals surface area contributed by atoms with E-state index in [1.54, 1.807) is 18.1 Å². The number of amides is 1. The van der Waals surface area contributed by atoms with E-state index in [1.807, 2.05) is 59.4 Å². The van der Waals surface area contributed by atoms with E-state index < -0.39 is 0 Å². The quantitative estimate of drug-likeness (QED) is 0.751. The van der Waals surface area contributed by atoms with E-state index in [2.05, 4.69) is 10.3 Å². The maximum Gasteiger partial charge on any atom is 0.244 e. The summed E-state index contributed by atoms with van der Waals surface area (Å²) in [6.07, 6.45) is 3.69. The van der Waals surface area contributed by atoms with Gasteiger partial charge in [0.15, 0.2) is 0 Å². The number of fused-ring (bicyclic) bond motifs is 1. The summed E-state index contributed by atoms with van der Waals surface area (Å²) in [5.74, 6) is -0.0559. The summed E-state index contributed by atoms with van der Waals surface area (Å²) in [6, 6.07) is 15.6. The highest BCUT2D eigenvalue weighted by atomic mass is 32.2. The Morgan fingerprint density at radius 2 is 1.95 bits per heavy atom. The van der Waals surface area contributed by atoms with Gasteiger partial charge in [0, 0.05) is 4.90 Å². The molecule has 1 heterocycles. The SMILES string of the molecule is CSc1ccccc1NC(=O)Cn1cnc2ccccc21. The molecule has 2 aromatic carbocycles. The van der Waals surface area contributed by atoms with Gasteiger partial charge in [0.05, 0.1) is 23.0 Å². The lowest BCUT2D eigenvalue weighted by Gasteiger charge is -2.10. The number of nitrogens with one attached hydrogen (secondary N) is 1. The van der Waals surface area contributed by atoms with Crippen molar-refractivity contribution in [3.8, 4) is 0 Å². The minimum atomic E-state index is -0.0559. The Bertz CT molecular complexity index is 782. The molecule has 0 saturated carbocycles. The van der Waals surface area contributed by atoms with E-state index >= 15 is 0 Å². The van der Waals surface area contributed by atoms with Crippen LogP contribution >= 0.6 is 11.8 Å². The van der Waals surface area contributed by atoms with Crippen LogP contribution in [0.15, 0.2) is 59.8 Å². The van der Waals surface area contributed by atoms with Crippen molar-refractivity contribution in [2.75, 3.05) is 11.6 Å². The molecule has 0 aliphatic carbocycles. The summed E-state index contributed by atoms with van der Waals surface area (Å²) in [4.78, 5) is 17.6. The lowest BCUT2D eigenvalue weighted by molar-refractivity contribution is -0.116. The van der Waals surface area contributed by atoms with Gasteiger partial charge in [-0.05, 0) is 30.5 Å². The van der Waals surface area contributed by atoms with Crippen LogP contribution in [-0.4, -0.2) is 21.7 Å². The van der Waals surface area contributed by atoms with Crippen molar-refractivity contribution in [1.29, 1.82) is 0 Å². The van der Waals surface area contributed by atoms with Crippen LogP contribution in [0, 0.1) is 0 Å². The number of aromatic nitrogens is 2. The van der Waals surface area contributed by atoms with Crippen LogP contribution < -0.4 is 5.32 Å². The highest BCUT2D eigenvalue weighted by Gasteiger charge is 2.09. The van der Waals surface area contributed by atoms with Gasteiger partial charge in [0.25, 0.3) is 0 Å². The molecule has 0 unspecified atom stereocenters. The molecule has 5 heteroatoms. The number of nitrogens with zero attached hydrogens (tertiary/aromatic N) is 2. The number of anilines is 1. The van der Waals surface area contributed by atoms with Gasteiger partial charge < -0.3 is 9.88 Å².